The predicted octanol–water partition coefficient (Wildman–Crippen LogP) is 5.21. The van der Waals surface area contributed by atoms with E-state index in [1.165, 1.54) is 6.07 Å². The predicted molar refractivity (Wildman–Crippen MR) is 143 cm³/mol. The molecule has 0 bridgehead atoms. The molecule has 1 aliphatic rings. The molecule has 6 rings (SSSR count). The van der Waals surface area contributed by atoms with Gasteiger partial charge in [-0.25, -0.2) is 13.5 Å². The molecular formula is C29H30F2N6O2. The van der Waals surface area contributed by atoms with Crippen molar-refractivity contribution in [1.82, 2.24) is 29.5 Å². The van der Waals surface area contributed by atoms with Crippen LogP contribution < -0.4 is 0 Å². The molecule has 202 valence electrons. The van der Waals surface area contributed by atoms with Gasteiger partial charge in [-0.05, 0) is 57.7 Å². The van der Waals surface area contributed by atoms with E-state index in [0.29, 0.717) is 42.5 Å². The summed E-state index contributed by atoms with van der Waals surface area (Å²) >= 11 is 0. The van der Waals surface area contributed by atoms with Crippen LogP contribution in [-0.2, 0) is 17.4 Å². The van der Waals surface area contributed by atoms with Crippen molar-refractivity contribution >= 4 is 21.9 Å². The lowest BCUT2D eigenvalue weighted by molar-refractivity contribution is 0.0542. The lowest BCUT2D eigenvalue weighted by atomic mass is 9.88. The van der Waals surface area contributed by atoms with Crippen LogP contribution in [0.4, 0.5) is 8.78 Å². The number of halogens is 2. The number of hydrogen-bond donors (Lipinski definition) is 1. The normalized spacial score (nSPS) is 15.9. The van der Waals surface area contributed by atoms with Gasteiger partial charge in [0.1, 0.15) is 5.82 Å². The number of aryl methyl sites for hydroxylation is 2. The Kier molecular flexibility index (Phi) is 6.19. The summed E-state index contributed by atoms with van der Waals surface area (Å²) < 4.78 is 41.2. The Morgan fingerprint density at radius 1 is 1.13 bits per heavy atom. The van der Waals surface area contributed by atoms with Gasteiger partial charge in [0, 0.05) is 49.2 Å². The monoisotopic (exact) mass is 532 g/mol. The Morgan fingerprint density at radius 2 is 1.90 bits per heavy atom. The molecule has 8 nitrogen and oxygen atoms in total. The van der Waals surface area contributed by atoms with Crippen molar-refractivity contribution < 1.29 is 18.6 Å². The first kappa shape index (κ1) is 25.5. The number of aliphatic hydroxyl groups is 1. The van der Waals surface area contributed by atoms with Crippen LogP contribution in [0.25, 0.3) is 33.2 Å². The van der Waals surface area contributed by atoms with Gasteiger partial charge in [-0.3, -0.25) is 9.97 Å². The molecule has 1 N–H and O–H groups in total. The molecule has 1 saturated heterocycles. The Balaban J connectivity index is 1.75. The Morgan fingerprint density at radius 3 is 2.56 bits per heavy atom. The van der Waals surface area contributed by atoms with Crippen LogP contribution in [0, 0.1) is 24.5 Å². The van der Waals surface area contributed by atoms with E-state index in [0.717, 1.165) is 17.0 Å². The molecule has 1 fully saturated rings. The molecule has 1 aromatic carbocycles. The number of ether oxygens (including phenoxy) is 1. The number of nitrogens with zero attached hydrogens (tertiary/aromatic N) is 6. The number of pyridine rings is 2. The van der Waals surface area contributed by atoms with E-state index >= 15 is 8.78 Å². The minimum atomic E-state index is -1.43. The SMILES string of the molecule is Cc1nnn(C)c1-c1cnc2c3ccc(C(C)(C)O)c(F)c3n([C@H](c3ncccc3F)C3CCOCC3)c2c1. The first-order chi connectivity index (χ1) is 18.7. The smallest absolute Gasteiger partial charge is 0.153 e. The van der Waals surface area contributed by atoms with Crippen LogP contribution in [-0.4, -0.2) is 47.8 Å². The van der Waals surface area contributed by atoms with Crippen LogP contribution in [0.3, 0.4) is 0 Å². The van der Waals surface area contributed by atoms with Crippen LogP contribution in [0.1, 0.15) is 49.7 Å². The van der Waals surface area contributed by atoms with Gasteiger partial charge in [-0.15, -0.1) is 5.10 Å². The fourth-order valence-corrected chi connectivity index (χ4v) is 5.91. The van der Waals surface area contributed by atoms with Gasteiger partial charge in [0.2, 0.25) is 0 Å². The van der Waals surface area contributed by atoms with Crippen molar-refractivity contribution in [3.8, 4) is 11.3 Å². The topological polar surface area (TPSA) is 90.9 Å². The molecule has 5 heterocycles. The van der Waals surface area contributed by atoms with E-state index in [4.69, 9.17) is 9.72 Å². The molecule has 0 radical (unpaired) electrons. The zero-order valence-electron chi connectivity index (χ0n) is 22.3. The lowest BCUT2D eigenvalue weighted by Crippen LogP contribution is -2.28. The fraction of sp³-hybridized carbons (Fsp3) is 0.379. The first-order valence-electron chi connectivity index (χ1n) is 13.1. The summed E-state index contributed by atoms with van der Waals surface area (Å²) in [4.78, 5) is 9.26. The number of rotatable bonds is 5. The van der Waals surface area contributed by atoms with Gasteiger partial charge >= 0.3 is 0 Å². The van der Waals surface area contributed by atoms with Gasteiger partial charge in [0.25, 0.3) is 0 Å². The third-order valence-electron chi connectivity index (χ3n) is 7.72. The summed E-state index contributed by atoms with van der Waals surface area (Å²) in [6.07, 6.45) is 4.61. The van der Waals surface area contributed by atoms with Crippen LogP contribution in [0.2, 0.25) is 0 Å². The zero-order valence-corrected chi connectivity index (χ0v) is 22.3. The molecule has 0 unspecified atom stereocenters. The molecule has 39 heavy (non-hydrogen) atoms. The van der Waals surface area contributed by atoms with E-state index in [2.05, 4.69) is 15.3 Å². The molecule has 0 aliphatic carbocycles. The van der Waals surface area contributed by atoms with E-state index in [1.807, 2.05) is 17.6 Å². The minimum absolute atomic E-state index is 0.0732. The zero-order chi connectivity index (χ0) is 27.5. The summed E-state index contributed by atoms with van der Waals surface area (Å²) in [6.45, 7) is 6.01. The number of fused-ring (bicyclic) bond motifs is 3. The van der Waals surface area contributed by atoms with Crippen molar-refractivity contribution in [1.29, 1.82) is 0 Å². The summed E-state index contributed by atoms with van der Waals surface area (Å²) in [7, 11) is 1.80. The third-order valence-corrected chi connectivity index (χ3v) is 7.72. The summed E-state index contributed by atoms with van der Waals surface area (Å²) in [5.74, 6) is -1.10. The molecule has 1 atom stereocenters. The highest BCUT2D eigenvalue weighted by Crippen LogP contribution is 2.43. The molecule has 0 spiro atoms. The van der Waals surface area contributed by atoms with Crippen molar-refractivity contribution in [3.05, 3.63) is 71.3 Å². The molecule has 1 aliphatic heterocycles. The highest BCUT2D eigenvalue weighted by molar-refractivity contribution is 6.07. The standard InChI is InChI=1S/C29H30F2N6O2/c1-16-26(36(4)35-34-16)18-14-22-24(33-15-18)19-7-8-20(29(2,3)38)23(31)28(19)37(22)27(17-9-12-39-13-10-17)25-21(30)6-5-11-32-25/h5-8,11,14-15,17,27,38H,9-10,12-13H2,1-4H3/t27-/m0/s1. The summed E-state index contributed by atoms with van der Waals surface area (Å²) in [5.41, 5.74) is 2.70. The van der Waals surface area contributed by atoms with E-state index in [1.54, 1.807) is 56.2 Å². The van der Waals surface area contributed by atoms with Crippen LogP contribution >= 0.6 is 0 Å². The van der Waals surface area contributed by atoms with Gasteiger partial charge in [-0.1, -0.05) is 17.3 Å². The second-order valence-corrected chi connectivity index (χ2v) is 10.8. The highest BCUT2D eigenvalue weighted by atomic mass is 19.1. The fourth-order valence-electron chi connectivity index (χ4n) is 5.91. The lowest BCUT2D eigenvalue weighted by Gasteiger charge is -2.32. The second kappa shape index (κ2) is 9.46. The minimum Gasteiger partial charge on any atom is -0.386 e. The maximum atomic E-state index is 16.5. The van der Waals surface area contributed by atoms with Gasteiger partial charge in [0.05, 0.1) is 45.3 Å². The average Bonchev–Trinajstić information content (AvgIpc) is 3.42. The maximum absolute atomic E-state index is 16.5. The molecule has 10 heteroatoms. The third kappa shape index (κ3) is 4.18. The van der Waals surface area contributed by atoms with Gasteiger partial charge < -0.3 is 14.4 Å². The van der Waals surface area contributed by atoms with E-state index in [9.17, 15) is 5.11 Å². The van der Waals surface area contributed by atoms with E-state index in [-0.39, 0.29) is 22.7 Å². The number of hydrogen-bond acceptors (Lipinski definition) is 6. The Bertz CT molecular complexity index is 1680. The summed E-state index contributed by atoms with van der Waals surface area (Å²) in [6, 6.07) is 7.61. The van der Waals surface area contributed by atoms with E-state index < -0.39 is 23.3 Å². The molecule has 5 aromatic rings. The van der Waals surface area contributed by atoms with Crippen molar-refractivity contribution in [3.63, 3.8) is 0 Å². The van der Waals surface area contributed by atoms with Gasteiger partial charge in [0.15, 0.2) is 5.82 Å². The Hall–Kier alpha value is -3.76. The summed E-state index contributed by atoms with van der Waals surface area (Å²) in [5, 5.41) is 19.7. The van der Waals surface area contributed by atoms with Crippen LogP contribution in [0.15, 0.2) is 42.7 Å². The Labute approximate surface area is 224 Å². The average molecular weight is 533 g/mol. The molecule has 0 amide bonds. The number of benzene rings is 1. The quantitative estimate of drug-likeness (QED) is 0.334. The van der Waals surface area contributed by atoms with Gasteiger partial charge in [-0.2, -0.15) is 0 Å². The second-order valence-electron chi connectivity index (χ2n) is 10.8. The molecule has 0 saturated carbocycles. The molecular weight excluding hydrogens is 502 g/mol. The van der Waals surface area contributed by atoms with Crippen molar-refractivity contribution in [2.45, 2.75) is 45.3 Å². The maximum Gasteiger partial charge on any atom is 0.153 e. The largest absolute Gasteiger partial charge is 0.386 e. The van der Waals surface area contributed by atoms with Crippen LogP contribution in [0.5, 0.6) is 0 Å². The first-order valence-corrected chi connectivity index (χ1v) is 13.1. The molecule has 4 aromatic heterocycles. The van der Waals surface area contributed by atoms with Crippen molar-refractivity contribution in [2.24, 2.45) is 13.0 Å². The van der Waals surface area contributed by atoms with Crippen molar-refractivity contribution in [2.75, 3.05) is 13.2 Å². The highest BCUT2D eigenvalue weighted by Gasteiger charge is 2.35. The number of aromatic nitrogens is 6.